The lowest BCUT2D eigenvalue weighted by Gasteiger charge is -2.04. The van der Waals surface area contributed by atoms with Crippen LogP contribution in [0.2, 0.25) is 0 Å². The van der Waals surface area contributed by atoms with Crippen LogP contribution in [0.1, 0.15) is 30.3 Å². The molecule has 0 aliphatic carbocycles. The highest BCUT2D eigenvalue weighted by molar-refractivity contribution is 7.15. The number of unbranched alkanes of at least 4 members (excludes halogenated alkanes) is 1. The van der Waals surface area contributed by atoms with Gasteiger partial charge in [0.05, 0.1) is 4.88 Å². The molecular weight excluding hydrogens is 299 g/mol. The third kappa shape index (κ3) is 4.07. The van der Waals surface area contributed by atoms with Gasteiger partial charge in [0, 0.05) is 18.5 Å². The SMILES string of the molecule is CCCCNCc1ccc(-c2cc(C(F)(F)F)n(C)n2)s1. The first-order valence-electron chi connectivity index (χ1n) is 6.83. The van der Waals surface area contributed by atoms with Crippen molar-refractivity contribution in [2.75, 3.05) is 6.54 Å². The van der Waals surface area contributed by atoms with E-state index in [-0.39, 0.29) is 0 Å². The van der Waals surface area contributed by atoms with Crippen LogP contribution in [-0.4, -0.2) is 16.3 Å². The molecule has 0 amide bonds. The number of aryl methyl sites for hydroxylation is 1. The molecule has 2 heterocycles. The molecule has 0 saturated carbocycles. The van der Waals surface area contributed by atoms with Gasteiger partial charge in [-0.3, -0.25) is 4.68 Å². The average Bonchev–Trinajstić information content (AvgIpc) is 3.00. The number of alkyl halides is 3. The Hall–Kier alpha value is -1.34. The molecule has 2 rings (SSSR count). The highest BCUT2D eigenvalue weighted by Gasteiger charge is 2.35. The molecule has 0 bridgehead atoms. The van der Waals surface area contributed by atoms with Gasteiger partial charge in [0.15, 0.2) is 0 Å². The van der Waals surface area contributed by atoms with Crippen LogP contribution in [0, 0.1) is 0 Å². The van der Waals surface area contributed by atoms with Gasteiger partial charge in [-0.1, -0.05) is 13.3 Å². The molecule has 0 fully saturated rings. The maximum atomic E-state index is 12.8. The fourth-order valence-corrected chi connectivity index (χ4v) is 2.91. The van der Waals surface area contributed by atoms with Gasteiger partial charge in [0.2, 0.25) is 0 Å². The van der Waals surface area contributed by atoms with Gasteiger partial charge in [0.1, 0.15) is 11.4 Å². The van der Waals surface area contributed by atoms with Crippen molar-refractivity contribution in [2.24, 2.45) is 7.05 Å². The van der Waals surface area contributed by atoms with Crippen molar-refractivity contribution in [3.05, 3.63) is 28.8 Å². The molecule has 0 aromatic carbocycles. The number of aromatic nitrogens is 2. The van der Waals surface area contributed by atoms with Crippen LogP contribution in [0.3, 0.4) is 0 Å². The zero-order valence-corrected chi connectivity index (χ0v) is 12.8. The normalized spacial score (nSPS) is 12.0. The maximum absolute atomic E-state index is 12.8. The van der Waals surface area contributed by atoms with Gasteiger partial charge in [0.25, 0.3) is 0 Å². The van der Waals surface area contributed by atoms with Gasteiger partial charge in [-0.05, 0) is 31.2 Å². The molecule has 0 spiro atoms. The largest absolute Gasteiger partial charge is 0.433 e. The summed E-state index contributed by atoms with van der Waals surface area (Å²) in [5.74, 6) is 0. The summed E-state index contributed by atoms with van der Waals surface area (Å²) in [6.07, 6.45) is -2.12. The van der Waals surface area contributed by atoms with E-state index in [4.69, 9.17) is 0 Å². The molecule has 1 N–H and O–H groups in total. The van der Waals surface area contributed by atoms with E-state index in [1.165, 1.54) is 18.4 Å². The number of hydrogen-bond acceptors (Lipinski definition) is 3. The molecule has 116 valence electrons. The minimum absolute atomic E-state index is 0.370. The van der Waals surface area contributed by atoms with Crippen molar-refractivity contribution in [1.82, 2.24) is 15.1 Å². The minimum atomic E-state index is -4.37. The molecule has 21 heavy (non-hydrogen) atoms. The Morgan fingerprint density at radius 3 is 2.71 bits per heavy atom. The van der Waals surface area contributed by atoms with Crippen molar-refractivity contribution in [2.45, 2.75) is 32.5 Å². The molecule has 2 aromatic rings. The van der Waals surface area contributed by atoms with Gasteiger partial charge >= 0.3 is 6.18 Å². The summed E-state index contributed by atoms with van der Waals surface area (Å²) in [5, 5.41) is 7.27. The first-order valence-corrected chi connectivity index (χ1v) is 7.64. The Morgan fingerprint density at radius 1 is 1.33 bits per heavy atom. The van der Waals surface area contributed by atoms with Crippen molar-refractivity contribution in [1.29, 1.82) is 0 Å². The molecular formula is C14H18F3N3S. The monoisotopic (exact) mass is 317 g/mol. The lowest BCUT2D eigenvalue weighted by Crippen LogP contribution is -2.13. The van der Waals surface area contributed by atoms with Crippen LogP contribution in [0.15, 0.2) is 18.2 Å². The third-order valence-electron chi connectivity index (χ3n) is 3.09. The van der Waals surface area contributed by atoms with E-state index in [1.807, 2.05) is 12.1 Å². The van der Waals surface area contributed by atoms with Crippen LogP contribution < -0.4 is 5.32 Å². The minimum Gasteiger partial charge on any atom is -0.312 e. The molecule has 2 aromatic heterocycles. The molecule has 0 saturated heterocycles. The van der Waals surface area contributed by atoms with E-state index in [2.05, 4.69) is 17.3 Å². The fourth-order valence-electron chi connectivity index (χ4n) is 1.98. The Balaban J connectivity index is 2.08. The van der Waals surface area contributed by atoms with E-state index >= 15 is 0 Å². The van der Waals surface area contributed by atoms with Gasteiger partial charge < -0.3 is 5.32 Å². The molecule has 0 aliphatic heterocycles. The fraction of sp³-hybridized carbons (Fsp3) is 0.500. The number of halogens is 3. The highest BCUT2D eigenvalue weighted by atomic mass is 32.1. The topological polar surface area (TPSA) is 29.9 Å². The molecule has 3 nitrogen and oxygen atoms in total. The van der Waals surface area contributed by atoms with Crippen molar-refractivity contribution in [3.8, 4) is 10.6 Å². The van der Waals surface area contributed by atoms with Crippen LogP contribution in [0.25, 0.3) is 10.6 Å². The van der Waals surface area contributed by atoms with E-state index < -0.39 is 11.9 Å². The first kappa shape index (κ1) is 16.0. The summed E-state index contributed by atoms with van der Waals surface area (Å²) in [4.78, 5) is 1.86. The van der Waals surface area contributed by atoms with Gasteiger partial charge in [-0.2, -0.15) is 18.3 Å². The Morgan fingerprint density at radius 2 is 2.10 bits per heavy atom. The Labute approximate surface area is 125 Å². The quantitative estimate of drug-likeness (QED) is 0.814. The second-order valence-electron chi connectivity index (χ2n) is 4.83. The second kappa shape index (κ2) is 6.62. The maximum Gasteiger partial charge on any atom is 0.433 e. The highest BCUT2D eigenvalue weighted by Crippen LogP contribution is 2.34. The summed E-state index contributed by atoms with van der Waals surface area (Å²) in [6.45, 7) is 3.82. The lowest BCUT2D eigenvalue weighted by atomic mass is 10.3. The second-order valence-corrected chi connectivity index (χ2v) is 6.00. The number of thiophene rings is 1. The van der Waals surface area contributed by atoms with Crippen molar-refractivity contribution >= 4 is 11.3 Å². The third-order valence-corrected chi connectivity index (χ3v) is 4.20. The molecule has 0 aliphatic rings. The van der Waals surface area contributed by atoms with E-state index in [0.29, 0.717) is 5.69 Å². The zero-order chi connectivity index (χ0) is 15.5. The van der Waals surface area contributed by atoms with Crippen molar-refractivity contribution in [3.63, 3.8) is 0 Å². The number of nitrogens with zero attached hydrogens (tertiary/aromatic N) is 2. The summed E-state index contributed by atoms with van der Waals surface area (Å²) in [6, 6.07) is 4.85. The van der Waals surface area contributed by atoms with Crippen LogP contribution in [0.4, 0.5) is 13.2 Å². The van der Waals surface area contributed by atoms with E-state index in [1.54, 1.807) is 0 Å². The van der Waals surface area contributed by atoms with E-state index in [0.717, 1.165) is 46.4 Å². The average molecular weight is 317 g/mol. The lowest BCUT2D eigenvalue weighted by molar-refractivity contribution is -0.143. The Kier molecular flexibility index (Phi) is 5.05. The van der Waals surface area contributed by atoms with Gasteiger partial charge in [-0.25, -0.2) is 0 Å². The number of rotatable bonds is 6. The summed E-state index contributed by atoms with van der Waals surface area (Å²) in [5.41, 5.74) is -0.358. The standard InChI is InChI=1S/C14H18F3N3S/c1-3-4-7-18-9-10-5-6-12(21-10)11-8-13(14(15,16)17)20(2)19-11/h5-6,8,18H,3-4,7,9H2,1-2H3. The van der Waals surface area contributed by atoms with Crippen LogP contribution in [-0.2, 0) is 19.8 Å². The molecule has 0 unspecified atom stereocenters. The van der Waals surface area contributed by atoms with Gasteiger partial charge in [-0.15, -0.1) is 11.3 Å². The van der Waals surface area contributed by atoms with Crippen LogP contribution >= 0.6 is 11.3 Å². The zero-order valence-electron chi connectivity index (χ0n) is 12.0. The molecule has 7 heteroatoms. The predicted molar refractivity (Wildman–Crippen MR) is 78.1 cm³/mol. The first-order chi connectivity index (χ1) is 9.91. The number of hydrogen-bond donors (Lipinski definition) is 1. The summed E-state index contributed by atoms with van der Waals surface area (Å²) < 4.78 is 39.1. The molecule has 0 atom stereocenters. The number of nitrogens with one attached hydrogen (secondary N) is 1. The summed E-state index contributed by atoms with van der Waals surface area (Å²) in [7, 11) is 1.31. The summed E-state index contributed by atoms with van der Waals surface area (Å²) >= 11 is 1.47. The van der Waals surface area contributed by atoms with E-state index in [9.17, 15) is 13.2 Å². The predicted octanol–water partition coefficient (Wildman–Crippen LogP) is 4.06. The van der Waals surface area contributed by atoms with Crippen molar-refractivity contribution < 1.29 is 13.2 Å². The smallest absolute Gasteiger partial charge is 0.312 e. The van der Waals surface area contributed by atoms with Crippen LogP contribution in [0.5, 0.6) is 0 Å². The molecule has 0 radical (unpaired) electrons. The Bertz CT molecular complexity index is 587.